The molecule has 0 bridgehead atoms. The normalized spacial score (nSPS) is 29.6. The van der Waals surface area contributed by atoms with Gasteiger partial charge >= 0.3 is 6.09 Å². The zero-order valence-electron chi connectivity index (χ0n) is 24.4. The van der Waals surface area contributed by atoms with Crippen LogP contribution in [0.5, 0.6) is 0 Å². The zero-order valence-corrected chi connectivity index (χ0v) is 24.4. The number of likely N-dealkylation sites (tertiary alicyclic amines) is 1. The number of nitrogens with zero attached hydrogens (tertiary/aromatic N) is 3. The highest BCUT2D eigenvalue weighted by molar-refractivity contribution is 5.80. The minimum atomic E-state index is -0.266. The van der Waals surface area contributed by atoms with Crippen LogP contribution in [0, 0.1) is 24.2 Å². The maximum Gasteiger partial charge on any atom is 0.410 e. The standard InChI is InChI=1S/C32H49N3O3/c1-23-11-13-24(14-12-23)27-19-26(33(4)5)20-28(27)29(36)34-17-15-32(16-18-34,25-9-7-6-8-10-25)21-35-30(37)38-22-31(35,2)3/h11-14,25-28H,6-10,15-22H2,1-5H3. The monoisotopic (exact) mass is 523 g/mol. The Hall–Kier alpha value is -2.08. The molecule has 0 radical (unpaired) electrons. The van der Waals surface area contributed by atoms with E-state index in [-0.39, 0.29) is 28.9 Å². The molecule has 2 saturated heterocycles. The summed E-state index contributed by atoms with van der Waals surface area (Å²) in [6.07, 6.45) is 10.2. The van der Waals surface area contributed by atoms with Gasteiger partial charge in [0.25, 0.3) is 0 Å². The number of hydrogen-bond acceptors (Lipinski definition) is 4. The van der Waals surface area contributed by atoms with Crippen molar-refractivity contribution in [2.45, 2.75) is 96.1 Å². The molecule has 2 amide bonds. The number of amides is 2. The van der Waals surface area contributed by atoms with Gasteiger partial charge in [-0.1, -0.05) is 49.1 Å². The summed E-state index contributed by atoms with van der Waals surface area (Å²) in [5, 5.41) is 0. The Morgan fingerprint density at radius 3 is 2.26 bits per heavy atom. The first-order valence-electron chi connectivity index (χ1n) is 15.1. The van der Waals surface area contributed by atoms with Crippen molar-refractivity contribution in [3.05, 3.63) is 35.4 Å². The molecule has 1 aromatic carbocycles. The molecule has 1 aromatic rings. The first kappa shape index (κ1) is 27.5. The maximum atomic E-state index is 14.1. The van der Waals surface area contributed by atoms with Crippen LogP contribution in [-0.4, -0.2) is 78.6 Å². The summed E-state index contributed by atoms with van der Waals surface area (Å²) < 4.78 is 5.49. The number of hydrogen-bond donors (Lipinski definition) is 0. The molecule has 0 aromatic heterocycles. The summed E-state index contributed by atoms with van der Waals surface area (Å²) in [4.78, 5) is 33.4. The third-order valence-electron chi connectivity index (χ3n) is 10.6. The predicted octanol–water partition coefficient (Wildman–Crippen LogP) is 5.84. The molecule has 3 atom stereocenters. The van der Waals surface area contributed by atoms with Crippen molar-refractivity contribution in [3.63, 3.8) is 0 Å². The lowest BCUT2D eigenvalue weighted by Crippen LogP contribution is -2.55. The molecule has 2 heterocycles. The van der Waals surface area contributed by atoms with Crippen LogP contribution in [0.4, 0.5) is 4.79 Å². The second-order valence-corrected chi connectivity index (χ2v) is 13.7. The lowest BCUT2D eigenvalue weighted by atomic mass is 9.63. The third kappa shape index (κ3) is 5.35. The van der Waals surface area contributed by atoms with Crippen LogP contribution in [0.25, 0.3) is 0 Å². The van der Waals surface area contributed by atoms with Gasteiger partial charge in [0.15, 0.2) is 0 Å². The highest BCUT2D eigenvalue weighted by Gasteiger charge is 2.50. The summed E-state index contributed by atoms with van der Waals surface area (Å²) in [5.74, 6) is 1.29. The molecule has 2 aliphatic carbocycles. The Morgan fingerprint density at radius 2 is 1.68 bits per heavy atom. The Kier molecular flexibility index (Phi) is 7.83. The molecule has 4 fully saturated rings. The van der Waals surface area contributed by atoms with Gasteiger partial charge in [-0.2, -0.15) is 0 Å². The van der Waals surface area contributed by atoms with E-state index in [1.54, 1.807) is 0 Å². The van der Waals surface area contributed by atoms with Gasteiger partial charge in [-0.15, -0.1) is 0 Å². The van der Waals surface area contributed by atoms with Crippen LogP contribution in [0.1, 0.15) is 88.7 Å². The van der Waals surface area contributed by atoms with Gasteiger partial charge in [-0.25, -0.2) is 4.79 Å². The first-order chi connectivity index (χ1) is 18.1. The predicted molar refractivity (Wildman–Crippen MR) is 151 cm³/mol. The van der Waals surface area contributed by atoms with E-state index in [1.165, 1.54) is 43.2 Å². The van der Waals surface area contributed by atoms with E-state index in [2.05, 4.69) is 68.9 Å². The third-order valence-corrected chi connectivity index (χ3v) is 10.6. The number of carbonyl (C=O) groups is 2. The van der Waals surface area contributed by atoms with Crippen LogP contribution in [0.15, 0.2) is 24.3 Å². The Bertz CT molecular complexity index is 990. The average Bonchev–Trinajstić information content (AvgIpc) is 3.47. The van der Waals surface area contributed by atoms with Crippen LogP contribution in [0.3, 0.4) is 0 Å². The Labute approximate surface area is 230 Å². The fraction of sp³-hybridized carbons (Fsp3) is 0.750. The van der Waals surface area contributed by atoms with Gasteiger partial charge in [0.1, 0.15) is 6.61 Å². The molecule has 0 N–H and O–H groups in total. The van der Waals surface area contributed by atoms with Crippen molar-refractivity contribution >= 4 is 12.0 Å². The van der Waals surface area contributed by atoms with E-state index in [0.29, 0.717) is 24.5 Å². The van der Waals surface area contributed by atoms with E-state index >= 15 is 0 Å². The van der Waals surface area contributed by atoms with Gasteiger partial charge in [0, 0.05) is 31.6 Å². The van der Waals surface area contributed by atoms with E-state index < -0.39 is 0 Å². The largest absolute Gasteiger partial charge is 0.447 e. The first-order valence-corrected chi connectivity index (χ1v) is 15.1. The van der Waals surface area contributed by atoms with Crippen LogP contribution in [0.2, 0.25) is 0 Å². The number of benzene rings is 1. The number of ether oxygens (including phenoxy) is 1. The molecular formula is C32H49N3O3. The van der Waals surface area contributed by atoms with Crippen LogP contribution in [-0.2, 0) is 9.53 Å². The van der Waals surface area contributed by atoms with Crippen molar-refractivity contribution in [2.75, 3.05) is 40.3 Å². The highest BCUT2D eigenvalue weighted by atomic mass is 16.6. The van der Waals surface area contributed by atoms with Crippen molar-refractivity contribution < 1.29 is 14.3 Å². The second kappa shape index (κ2) is 10.8. The van der Waals surface area contributed by atoms with Crippen molar-refractivity contribution in [2.24, 2.45) is 17.3 Å². The summed E-state index contributed by atoms with van der Waals surface area (Å²) in [6.45, 7) is 9.22. The molecule has 2 saturated carbocycles. The SMILES string of the molecule is Cc1ccc(C2CC(N(C)C)CC2C(=O)N2CCC(CN3C(=O)OCC3(C)C)(C3CCCCC3)CC2)cc1. The summed E-state index contributed by atoms with van der Waals surface area (Å²) >= 11 is 0. The molecule has 38 heavy (non-hydrogen) atoms. The van der Waals surface area contributed by atoms with Gasteiger partial charge in [-0.05, 0) is 96.2 Å². The van der Waals surface area contributed by atoms with Crippen LogP contribution >= 0.6 is 0 Å². The summed E-state index contributed by atoms with van der Waals surface area (Å²) in [7, 11) is 4.29. The molecule has 6 nitrogen and oxygen atoms in total. The molecule has 6 heteroatoms. The van der Waals surface area contributed by atoms with Gasteiger partial charge < -0.3 is 14.5 Å². The summed E-state index contributed by atoms with van der Waals surface area (Å²) in [6, 6.07) is 9.28. The number of piperidine rings is 1. The van der Waals surface area contributed by atoms with Crippen LogP contribution < -0.4 is 0 Å². The molecule has 5 rings (SSSR count). The molecular weight excluding hydrogens is 474 g/mol. The summed E-state index contributed by atoms with van der Waals surface area (Å²) in [5.41, 5.74) is 2.38. The smallest absolute Gasteiger partial charge is 0.410 e. The minimum Gasteiger partial charge on any atom is -0.447 e. The fourth-order valence-corrected chi connectivity index (χ4v) is 7.94. The van der Waals surface area contributed by atoms with E-state index in [4.69, 9.17) is 4.74 Å². The average molecular weight is 524 g/mol. The zero-order chi connectivity index (χ0) is 27.1. The van der Waals surface area contributed by atoms with E-state index in [9.17, 15) is 9.59 Å². The van der Waals surface area contributed by atoms with Crippen molar-refractivity contribution in [1.29, 1.82) is 0 Å². The fourth-order valence-electron chi connectivity index (χ4n) is 7.94. The molecule has 4 aliphatic rings. The van der Waals surface area contributed by atoms with E-state index in [0.717, 1.165) is 45.3 Å². The number of cyclic esters (lactones) is 1. The van der Waals surface area contributed by atoms with Gasteiger partial charge in [0.2, 0.25) is 5.91 Å². The van der Waals surface area contributed by atoms with Gasteiger partial charge in [-0.3, -0.25) is 9.69 Å². The number of aryl methyl sites for hydroxylation is 1. The van der Waals surface area contributed by atoms with Crippen molar-refractivity contribution in [3.8, 4) is 0 Å². The Balaban J connectivity index is 1.33. The van der Waals surface area contributed by atoms with Crippen molar-refractivity contribution in [1.82, 2.24) is 14.7 Å². The Morgan fingerprint density at radius 1 is 1.03 bits per heavy atom. The number of rotatable bonds is 6. The molecule has 3 unspecified atom stereocenters. The number of carbonyl (C=O) groups excluding carboxylic acids is 2. The lowest BCUT2D eigenvalue weighted by molar-refractivity contribution is -0.139. The lowest BCUT2D eigenvalue weighted by Gasteiger charge is -2.51. The van der Waals surface area contributed by atoms with E-state index in [1.807, 2.05) is 4.90 Å². The molecule has 2 aliphatic heterocycles. The molecule has 0 spiro atoms. The maximum absolute atomic E-state index is 14.1. The highest BCUT2D eigenvalue weighted by Crippen LogP contribution is 2.49. The second-order valence-electron chi connectivity index (χ2n) is 13.7. The van der Waals surface area contributed by atoms with Gasteiger partial charge in [0.05, 0.1) is 5.54 Å². The molecule has 210 valence electrons. The topological polar surface area (TPSA) is 53.1 Å². The minimum absolute atomic E-state index is 0.0415. The quantitative estimate of drug-likeness (QED) is 0.470.